The number of hydrogen-bond donors (Lipinski definition) is 1. The maximum absolute atomic E-state index is 6.00. The van der Waals surface area contributed by atoms with Crippen molar-refractivity contribution < 1.29 is 9.47 Å². The van der Waals surface area contributed by atoms with Crippen LogP contribution in [0.5, 0.6) is 5.75 Å². The van der Waals surface area contributed by atoms with Crippen LogP contribution in [0.4, 0.5) is 0 Å². The number of ether oxygens (including phenoxy) is 2. The lowest BCUT2D eigenvalue weighted by molar-refractivity contribution is -0.0271. The third-order valence-electron chi connectivity index (χ3n) is 5.19. The number of rotatable bonds is 6. The van der Waals surface area contributed by atoms with Crippen LogP contribution in [0.25, 0.3) is 10.9 Å². The summed E-state index contributed by atoms with van der Waals surface area (Å²) in [5.74, 6) is 0.912. The lowest BCUT2D eigenvalue weighted by Crippen LogP contribution is -2.44. The van der Waals surface area contributed by atoms with Crippen LogP contribution in [0.1, 0.15) is 11.1 Å². The van der Waals surface area contributed by atoms with Gasteiger partial charge >= 0.3 is 0 Å². The van der Waals surface area contributed by atoms with Crippen LogP contribution in [0.2, 0.25) is 0 Å². The molecule has 4 rings (SSSR count). The number of benzene rings is 2. The first-order chi connectivity index (χ1) is 12.8. The van der Waals surface area contributed by atoms with Crippen molar-refractivity contribution in [2.75, 3.05) is 33.4 Å². The quantitative estimate of drug-likeness (QED) is 0.737. The van der Waals surface area contributed by atoms with Gasteiger partial charge in [-0.05, 0) is 35.7 Å². The van der Waals surface area contributed by atoms with E-state index in [0.29, 0.717) is 0 Å². The Morgan fingerprint density at radius 3 is 3.04 bits per heavy atom. The summed E-state index contributed by atoms with van der Waals surface area (Å²) < 4.78 is 11.3. The number of hydrogen-bond acceptors (Lipinski definition) is 3. The highest BCUT2D eigenvalue weighted by Crippen LogP contribution is 2.20. The molecule has 0 saturated carbocycles. The fourth-order valence-electron chi connectivity index (χ4n) is 3.79. The van der Waals surface area contributed by atoms with Crippen molar-refractivity contribution in [3.8, 4) is 5.75 Å². The molecule has 136 valence electrons. The molecule has 0 radical (unpaired) electrons. The third-order valence-corrected chi connectivity index (χ3v) is 5.19. The number of aromatic nitrogens is 1. The molecule has 1 aliphatic rings. The first-order valence-corrected chi connectivity index (χ1v) is 9.34. The van der Waals surface area contributed by atoms with E-state index in [-0.39, 0.29) is 6.10 Å². The van der Waals surface area contributed by atoms with Crippen LogP contribution in [-0.2, 0) is 17.6 Å². The Bertz CT molecular complexity index is 858. The monoisotopic (exact) mass is 350 g/mol. The van der Waals surface area contributed by atoms with E-state index < -0.39 is 0 Å². The fraction of sp³-hybridized carbons (Fsp3) is 0.364. The van der Waals surface area contributed by atoms with Gasteiger partial charge in [-0.1, -0.05) is 30.3 Å². The van der Waals surface area contributed by atoms with Crippen molar-refractivity contribution in [2.45, 2.75) is 18.9 Å². The normalized spacial score (nSPS) is 18.3. The fourth-order valence-corrected chi connectivity index (χ4v) is 3.79. The largest absolute Gasteiger partial charge is 0.497 e. The predicted octanol–water partition coefficient (Wildman–Crippen LogP) is 3.66. The number of fused-ring (bicyclic) bond motifs is 1. The molecule has 1 saturated heterocycles. The Balaban J connectivity index is 1.34. The molecule has 0 unspecified atom stereocenters. The van der Waals surface area contributed by atoms with Crippen molar-refractivity contribution in [2.24, 2.45) is 0 Å². The zero-order valence-corrected chi connectivity index (χ0v) is 15.3. The second-order valence-electron chi connectivity index (χ2n) is 6.96. The SMILES string of the molecule is COc1cccc(C[C@H]2CN(CCc3c[nH]c4ccccc34)CCO2)c1. The highest BCUT2D eigenvalue weighted by Gasteiger charge is 2.21. The second-order valence-corrected chi connectivity index (χ2v) is 6.96. The van der Waals surface area contributed by atoms with E-state index in [1.54, 1.807) is 7.11 Å². The first kappa shape index (κ1) is 17.1. The minimum absolute atomic E-state index is 0.249. The highest BCUT2D eigenvalue weighted by molar-refractivity contribution is 5.83. The van der Waals surface area contributed by atoms with Crippen LogP contribution in [0.3, 0.4) is 0 Å². The molecule has 4 heteroatoms. The van der Waals surface area contributed by atoms with Gasteiger partial charge in [-0.3, -0.25) is 4.90 Å². The maximum Gasteiger partial charge on any atom is 0.119 e. The molecule has 1 atom stereocenters. The molecular weight excluding hydrogens is 324 g/mol. The Morgan fingerprint density at radius 1 is 1.19 bits per heavy atom. The van der Waals surface area contributed by atoms with Crippen molar-refractivity contribution in [3.63, 3.8) is 0 Å². The summed E-state index contributed by atoms with van der Waals surface area (Å²) in [5.41, 5.74) is 3.89. The molecule has 0 spiro atoms. The molecule has 0 amide bonds. The Labute approximate surface area is 154 Å². The predicted molar refractivity (Wildman–Crippen MR) is 105 cm³/mol. The van der Waals surface area contributed by atoms with Crippen molar-refractivity contribution in [1.82, 2.24) is 9.88 Å². The van der Waals surface area contributed by atoms with E-state index in [4.69, 9.17) is 9.47 Å². The summed E-state index contributed by atoms with van der Waals surface area (Å²) >= 11 is 0. The smallest absolute Gasteiger partial charge is 0.119 e. The van der Waals surface area contributed by atoms with E-state index in [0.717, 1.165) is 44.8 Å². The molecule has 3 aromatic rings. The van der Waals surface area contributed by atoms with Gasteiger partial charge in [0.25, 0.3) is 0 Å². The van der Waals surface area contributed by atoms with Gasteiger partial charge in [0.1, 0.15) is 5.75 Å². The Hall–Kier alpha value is -2.30. The van der Waals surface area contributed by atoms with E-state index >= 15 is 0 Å². The van der Waals surface area contributed by atoms with Gasteiger partial charge in [0.2, 0.25) is 0 Å². The minimum atomic E-state index is 0.249. The van der Waals surface area contributed by atoms with Crippen LogP contribution in [0, 0.1) is 0 Å². The molecular formula is C22H26N2O2. The van der Waals surface area contributed by atoms with Gasteiger partial charge in [0.15, 0.2) is 0 Å². The third kappa shape index (κ3) is 3.92. The van der Waals surface area contributed by atoms with Gasteiger partial charge in [-0.2, -0.15) is 0 Å². The number of nitrogens with one attached hydrogen (secondary N) is 1. The van der Waals surface area contributed by atoms with Crippen LogP contribution in [0.15, 0.2) is 54.7 Å². The lowest BCUT2D eigenvalue weighted by atomic mass is 10.1. The molecule has 2 aromatic carbocycles. The van der Waals surface area contributed by atoms with Crippen LogP contribution < -0.4 is 4.74 Å². The molecule has 1 aliphatic heterocycles. The van der Waals surface area contributed by atoms with Gasteiger partial charge < -0.3 is 14.5 Å². The number of aromatic amines is 1. The Kier molecular flexibility index (Phi) is 5.23. The molecule has 0 bridgehead atoms. The molecule has 1 N–H and O–H groups in total. The zero-order valence-electron chi connectivity index (χ0n) is 15.3. The number of morpholine rings is 1. The summed E-state index contributed by atoms with van der Waals surface area (Å²) in [6.45, 7) is 3.87. The van der Waals surface area contributed by atoms with Gasteiger partial charge in [-0.15, -0.1) is 0 Å². The van der Waals surface area contributed by atoms with Crippen molar-refractivity contribution in [3.05, 3.63) is 65.9 Å². The van der Waals surface area contributed by atoms with Crippen molar-refractivity contribution >= 4 is 10.9 Å². The molecule has 26 heavy (non-hydrogen) atoms. The topological polar surface area (TPSA) is 37.5 Å². The number of methoxy groups -OCH3 is 1. The number of nitrogens with zero attached hydrogens (tertiary/aromatic N) is 1. The average molecular weight is 350 g/mol. The van der Waals surface area contributed by atoms with E-state index in [1.807, 2.05) is 12.1 Å². The summed E-state index contributed by atoms with van der Waals surface area (Å²) in [7, 11) is 1.71. The maximum atomic E-state index is 6.00. The van der Waals surface area contributed by atoms with Crippen molar-refractivity contribution in [1.29, 1.82) is 0 Å². The molecule has 1 aromatic heterocycles. The molecule has 2 heterocycles. The van der Waals surface area contributed by atoms with Crippen LogP contribution >= 0.6 is 0 Å². The summed E-state index contributed by atoms with van der Waals surface area (Å²) in [6, 6.07) is 16.8. The molecule has 4 nitrogen and oxygen atoms in total. The Morgan fingerprint density at radius 2 is 2.12 bits per heavy atom. The van der Waals surface area contributed by atoms with E-state index in [9.17, 15) is 0 Å². The number of H-pyrrole nitrogens is 1. The molecule has 0 aliphatic carbocycles. The average Bonchev–Trinajstić information content (AvgIpc) is 3.10. The van der Waals surface area contributed by atoms with Gasteiger partial charge in [0.05, 0.1) is 19.8 Å². The minimum Gasteiger partial charge on any atom is -0.497 e. The van der Waals surface area contributed by atoms with Gasteiger partial charge in [-0.25, -0.2) is 0 Å². The van der Waals surface area contributed by atoms with E-state index in [2.05, 4.69) is 52.5 Å². The summed E-state index contributed by atoms with van der Waals surface area (Å²) in [5, 5.41) is 1.34. The highest BCUT2D eigenvalue weighted by atomic mass is 16.5. The lowest BCUT2D eigenvalue weighted by Gasteiger charge is -2.33. The number of para-hydroxylation sites is 1. The standard InChI is InChI=1S/C22H26N2O2/c1-25-19-6-4-5-17(13-19)14-20-16-24(11-12-26-20)10-9-18-15-23-22-8-3-2-7-21(18)22/h2-8,13,15,20,23H,9-12,14,16H2,1H3/t20-/m0/s1. The first-order valence-electron chi connectivity index (χ1n) is 9.34. The zero-order chi connectivity index (χ0) is 17.8. The summed E-state index contributed by atoms with van der Waals surface area (Å²) in [4.78, 5) is 5.90. The van der Waals surface area contributed by atoms with E-state index in [1.165, 1.54) is 22.0 Å². The second kappa shape index (κ2) is 7.94. The molecule has 1 fully saturated rings. The summed E-state index contributed by atoms with van der Waals surface area (Å²) in [6.07, 6.45) is 4.40. The van der Waals surface area contributed by atoms with Gasteiger partial charge in [0, 0.05) is 43.2 Å². The van der Waals surface area contributed by atoms with Crippen LogP contribution in [-0.4, -0.2) is 49.3 Å².